The van der Waals surface area contributed by atoms with Gasteiger partial charge in [-0.2, -0.15) is 4.31 Å². The number of hydrogen-bond donors (Lipinski definition) is 1. The summed E-state index contributed by atoms with van der Waals surface area (Å²) in [6, 6.07) is 12.7. The first kappa shape index (κ1) is 21.4. The Morgan fingerprint density at radius 2 is 1.76 bits per heavy atom. The number of halogens is 1. The molecule has 0 aliphatic carbocycles. The maximum atomic E-state index is 14.4. The van der Waals surface area contributed by atoms with Crippen molar-refractivity contribution in [1.29, 1.82) is 0 Å². The normalized spacial score (nSPS) is 15.2. The van der Waals surface area contributed by atoms with Gasteiger partial charge in [0.05, 0.1) is 6.61 Å². The van der Waals surface area contributed by atoms with Crippen LogP contribution in [0.5, 0.6) is 0 Å². The maximum Gasteiger partial charge on any atom is 0.254 e. The fourth-order valence-corrected chi connectivity index (χ4v) is 5.05. The standard InChI is InChI=1S/C21H25FN2O4S/c22-19-10-9-18(15-20(19)29(27,28)24-11-5-2-6-12-24)21(26)23(13-14-25)16-17-7-3-1-4-8-17/h1,3-4,7-10,15,25H,2,5-6,11-14,16H2. The molecule has 0 aromatic heterocycles. The van der Waals surface area contributed by atoms with Crippen LogP contribution in [-0.4, -0.2) is 54.9 Å². The number of nitrogens with zero attached hydrogens (tertiary/aromatic N) is 2. The molecule has 29 heavy (non-hydrogen) atoms. The number of carbonyl (C=O) groups excluding carboxylic acids is 1. The molecule has 0 unspecified atom stereocenters. The second kappa shape index (κ2) is 9.47. The number of rotatable bonds is 7. The molecule has 1 heterocycles. The van der Waals surface area contributed by atoms with E-state index in [2.05, 4.69) is 0 Å². The maximum absolute atomic E-state index is 14.4. The SMILES string of the molecule is O=C(c1ccc(F)c(S(=O)(=O)N2CCCCC2)c1)N(CCO)Cc1ccccc1. The summed E-state index contributed by atoms with van der Waals surface area (Å²) in [5, 5.41) is 9.35. The van der Waals surface area contributed by atoms with Crippen LogP contribution in [0.1, 0.15) is 35.2 Å². The summed E-state index contributed by atoms with van der Waals surface area (Å²) < 4.78 is 41.5. The Hall–Kier alpha value is -2.29. The topological polar surface area (TPSA) is 77.9 Å². The summed E-state index contributed by atoms with van der Waals surface area (Å²) in [5.74, 6) is -1.33. The lowest BCUT2D eigenvalue weighted by atomic mass is 10.1. The fraction of sp³-hybridized carbons (Fsp3) is 0.381. The quantitative estimate of drug-likeness (QED) is 0.747. The van der Waals surface area contributed by atoms with Crippen LogP contribution in [-0.2, 0) is 16.6 Å². The summed E-state index contributed by atoms with van der Waals surface area (Å²) in [6.45, 7) is 0.805. The van der Waals surface area contributed by atoms with Crippen LogP contribution in [0, 0.1) is 5.82 Å². The van der Waals surface area contributed by atoms with Crippen molar-refractivity contribution in [3.63, 3.8) is 0 Å². The number of benzene rings is 2. The van der Waals surface area contributed by atoms with Crippen molar-refractivity contribution < 1.29 is 22.7 Å². The lowest BCUT2D eigenvalue weighted by molar-refractivity contribution is 0.0707. The molecule has 0 bridgehead atoms. The van der Waals surface area contributed by atoms with Gasteiger partial charge in [0.1, 0.15) is 10.7 Å². The zero-order valence-electron chi connectivity index (χ0n) is 16.1. The summed E-state index contributed by atoms with van der Waals surface area (Å²) in [4.78, 5) is 13.9. The van der Waals surface area contributed by atoms with E-state index in [-0.39, 0.29) is 25.3 Å². The van der Waals surface area contributed by atoms with Gasteiger partial charge in [-0.15, -0.1) is 0 Å². The third-order valence-electron chi connectivity index (χ3n) is 4.98. The van der Waals surface area contributed by atoms with Crippen LogP contribution in [0.3, 0.4) is 0 Å². The Kier molecular flexibility index (Phi) is 7.00. The Morgan fingerprint density at radius 1 is 1.07 bits per heavy atom. The van der Waals surface area contributed by atoms with Gasteiger partial charge < -0.3 is 10.0 Å². The lowest BCUT2D eigenvalue weighted by Crippen LogP contribution is -2.36. The molecular formula is C21H25FN2O4S. The van der Waals surface area contributed by atoms with Crippen LogP contribution in [0.2, 0.25) is 0 Å². The van der Waals surface area contributed by atoms with Gasteiger partial charge in [0.2, 0.25) is 10.0 Å². The predicted molar refractivity (Wildman–Crippen MR) is 107 cm³/mol. The zero-order valence-corrected chi connectivity index (χ0v) is 16.9. The Labute approximate surface area is 170 Å². The number of hydrogen-bond acceptors (Lipinski definition) is 4. The molecule has 8 heteroatoms. The van der Waals surface area contributed by atoms with Crippen molar-refractivity contribution in [1.82, 2.24) is 9.21 Å². The highest BCUT2D eigenvalue weighted by Crippen LogP contribution is 2.24. The second-order valence-electron chi connectivity index (χ2n) is 7.05. The van der Waals surface area contributed by atoms with Gasteiger partial charge in [-0.3, -0.25) is 4.79 Å². The van der Waals surface area contributed by atoms with Gasteiger partial charge in [0.25, 0.3) is 5.91 Å². The summed E-state index contributed by atoms with van der Waals surface area (Å²) >= 11 is 0. The molecule has 1 fully saturated rings. The highest BCUT2D eigenvalue weighted by atomic mass is 32.2. The zero-order chi connectivity index (χ0) is 20.9. The molecule has 2 aromatic carbocycles. The number of sulfonamides is 1. The number of aliphatic hydroxyl groups excluding tert-OH is 1. The minimum absolute atomic E-state index is 0.0753. The van der Waals surface area contributed by atoms with Crippen LogP contribution >= 0.6 is 0 Å². The van der Waals surface area contributed by atoms with Gasteiger partial charge >= 0.3 is 0 Å². The summed E-state index contributed by atoms with van der Waals surface area (Å²) in [6.07, 6.45) is 2.42. The first-order valence-electron chi connectivity index (χ1n) is 9.67. The van der Waals surface area contributed by atoms with E-state index in [9.17, 15) is 22.7 Å². The average molecular weight is 421 g/mol. The van der Waals surface area contributed by atoms with E-state index < -0.39 is 26.6 Å². The van der Waals surface area contributed by atoms with E-state index >= 15 is 0 Å². The number of aliphatic hydroxyl groups is 1. The molecule has 6 nitrogen and oxygen atoms in total. The number of amides is 1. The summed E-state index contributed by atoms with van der Waals surface area (Å²) in [7, 11) is -4.01. The molecular weight excluding hydrogens is 395 g/mol. The Morgan fingerprint density at radius 3 is 2.41 bits per heavy atom. The van der Waals surface area contributed by atoms with E-state index in [0.717, 1.165) is 37.0 Å². The minimum atomic E-state index is -4.01. The van der Waals surface area contributed by atoms with Gasteiger partial charge in [-0.25, -0.2) is 12.8 Å². The fourth-order valence-electron chi connectivity index (χ4n) is 3.44. The molecule has 1 N–H and O–H groups in total. The predicted octanol–water partition coefficient (Wildman–Crippen LogP) is 2.64. The van der Waals surface area contributed by atoms with Crippen molar-refractivity contribution in [3.05, 3.63) is 65.5 Å². The highest BCUT2D eigenvalue weighted by molar-refractivity contribution is 7.89. The van der Waals surface area contributed by atoms with Crippen molar-refractivity contribution in [3.8, 4) is 0 Å². The van der Waals surface area contributed by atoms with Crippen molar-refractivity contribution in [2.24, 2.45) is 0 Å². The molecule has 0 radical (unpaired) electrons. The smallest absolute Gasteiger partial charge is 0.254 e. The molecule has 3 rings (SSSR count). The third kappa shape index (κ3) is 5.01. The van der Waals surface area contributed by atoms with E-state index in [0.29, 0.717) is 13.1 Å². The molecule has 1 aliphatic heterocycles. The lowest BCUT2D eigenvalue weighted by Gasteiger charge is -2.26. The van der Waals surface area contributed by atoms with Crippen molar-refractivity contribution in [2.45, 2.75) is 30.7 Å². The number of carbonyl (C=O) groups is 1. The molecule has 1 aliphatic rings. The molecule has 2 aromatic rings. The molecule has 1 amide bonds. The molecule has 156 valence electrons. The van der Waals surface area contributed by atoms with Gasteiger partial charge in [0, 0.05) is 31.7 Å². The molecule has 1 saturated heterocycles. The third-order valence-corrected chi connectivity index (χ3v) is 6.90. The highest BCUT2D eigenvalue weighted by Gasteiger charge is 2.30. The molecule has 0 spiro atoms. The van der Waals surface area contributed by atoms with Crippen molar-refractivity contribution >= 4 is 15.9 Å². The Balaban J connectivity index is 1.89. The summed E-state index contributed by atoms with van der Waals surface area (Å²) in [5.41, 5.74) is 0.948. The van der Waals surface area contributed by atoms with E-state index in [1.54, 1.807) is 0 Å². The van der Waals surface area contributed by atoms with Crippen LogP contribution < -0.4 is 0 Å². The van der Waals surface area contributed by atoms with Crippen molar-refractivity contribution in [2.75, 3.05) is 26.2 Å². The average Bonchev–Trinajstić information content (AvgIpc) is 2.74. The van der Waals surface area contributed by atoms with Crippen LogP contribution in [0.25, 0.3) is 0 Å². The monoisotopic (exact) mass is 420 g/mol. The molecule has 0 saturated carbocycles. The van der Waals surface area contributed by atoms with Gasteiger partial charge in [0.15, 0.2) is 0 Å². The first-order chi connectivity index (χ1) is 13.9. The minimum Gasteiger partial charge on any atom is -0.395 e. The van der Waals surface area contributed by atoms with E-state index in [1.165, 1.54) is 15.3 Å². The number of piperidine rings is 1. The first-order valence-corrected chi connectivity index (χ1v) is 11.1. The van der Waals surface area contributed by atoms with Gasteiger partial charge in [-0.1, -0.05) is 36.8 Å². The molecule has 0 atom stereocenters. The van der Waals surface area contributed by atoms with Gasteiger partial charge in [-0.05, 0) is 36.6 Å². The van der Waals surface area contributed by atoms with Crippen LogP contribution in [0.4, 0.5) is 4.39 Å². The largest absolute Gasteiger partial charge is 0.395 e. The van der Waals surface area contributed by atoms with E-state index in [1.807, 2.05) is 30.3 Å². The van der Waals surface area contributed by atoms with Crippen LogP contribution in [0.15, 0.2) is 53.4 Å². The van der Waals surface area contributed by atoms with E-state index in [4.69, 9.17) is 0 Å². The second-order valence-corrected chi connectivity index (χ2v) is 8.95. The Bertz CT molecular complexity index is 944.